The first kappa shape index (κ1) is 20.1. The summed E-state index contributed by atoms with van der Waals surface area (Å²) >= 11 is 0. The largest absolute Gasteiger partial charge is 0.325 e. The summed E-state index contributed by atoms with van der Waals surface area (Å²) in [6.45, 7) is 8.43. The zero-order valence-corrected chi connectivity index (χ0v) is 16.9. The van der Waals surface area contributed by atoms with Crippen molar-refractivity contribution in [2.75, 3.05) is 23.3 Å². The number of nitrogens with zero attached hydrogens (tertiary/aromatic N) is 1. The minimum absolute atomic E-state index is 0.126. The molecule has 1 unspecified atom stereocenters. The van der Waals surface area contributed by atoms with Crippen LogP contribution in [0.15, 0.2) is 48.5 Å². The highest BCUT2D eigenvalue weighted by Crippen LogP contribution is 2.28. The summed E-state index contributed by atoms with van der Waals surface area (Å²) in [7, 11) is 0. The molecule has 3 rings (SSSR count). The first-order chi connectivity index (χ1) is 13.5. The molecular weight excluding hydrogens is 350 g/mol. The van der Waals surface area contributed by atoms with Gasteiger partial charge in [-0.25, -0.2) is 0 Å². The zero-order chi connectivity index (χ0) is 20.1. The van der Waals surface area contributed by atoms with Gasteiger partial charge in [0.15, 0.2) is 0 Å². The van der Waals surface area contributed by atoms with Crippen molar-refractivity contribution in [1.82, 2.24) is 5.32 Å². The fourth-order valence-corrected chi connectivity index (χ4v) is 3.49. The van der Waals surface area contributed by atoms with Crippen LogP contribution in [0.3, 0.4) is 0 Å². The molecule has 2 amide bonds. The second-order valence-electron chi connectivity index (χ2n) is 7.50. The van der Waals surface area contributed by atoms with Crippen LogP contribution in [-0.2, 0) is 16.1 Å². The molecule has 1 atom stereocenters. The van der Waals surface area contributed by atoms with Crippen LogP contribution in [0.5, 0.6) is 0 Å². The maximum atomic E-state index is 12.9. The standard InChI is InChI=1S/C23H29N3O2/c1-4-24-15-18-7-5-6-8-21(18)25-22(27)20-13-14-26(23(20)28)19-11-9-17(10-12-19)16(2)3/h5-12,16,20,24H,4,13-15H2,1-3H3,(H,25,27). The molecule has 1 heterocycles. The average molecular weight is 380 g/mol. The number of para-hydroxylation sites is 1. The van der Waals surface area contributed by atoms with Crippen LogP contribution in [-0.4, -0.2) is 24.9 Å². The van der Waals surface area contributed by atoms with Crippen molar-refractivity contribution in [3.05, 3.63) is 59.7 Å². The maximum Gasteiger partial charge on any atom is 0.239 e. The second kappa shape index (κ2) is 9.02. The van der Waals surface area contributed by atoms with Crippen LogP contribution in [0, 0.1) is 5.92 Å². The van der Waals surface area contributed by atoms with Gasteiger partial charge in [-0.3, -0.25) is 9.59 Å². The number of anilines is 2. The fourth-order valence-electron chi connectivity index (χ4n) is 3.49. The monoisotopic (exact) mass is 379 g/mol. The third-order valence-corrected chi connectivity index (χ3v) is 5.23. The van der Waals surface area contributed by atoms with E-state index < -0.39 is 5.92 Å². The van der Waals surface area contributed by atoms with Crippen molar-refractivity contribution in [1.29, 1.82) is 0 Å². The Morgan fingerprint density at radius 3 is 2.54 bits per heavy atom. The third-order valence-electron chi connectivity index (χ3n) is 5.23. The normalized spacial score (nSPS) is 16.6. The van der Waals surface area contributed by atoms with Gasteiger partial charge in [-0.15, -0.1) is 0 Å². The first-order valence-corrected chi connectivity index (χ1v) is 10.0. The zero-order valence-electron chi connectivity index (χ0n) is 16.9. The summed E-state index contributed by atoms with van der Waals surface area (Å²) in [4.78, 5) is 27.4. The SMILES string of the molecule is CCNCc1ccccc1NC(=O)C1CCN(c2ccc(C(C)C)cc2)C1=O. The van der Waals surface area contributed by atoms with Gasteiger partial charge in [-0.1, -0.05) is 51.1 Å². The average Bonchev–Trinajstić information content (AvgIpc) is 3.09. The molecule has 148 valence electrons. The lowest BCUT2D eigenvalue weighted by Crippen LogP contribution is -2.33. The van der Waals surface area contributed by atoms with E-state index in [2.05, 4.69) is 36.6 Å². The molecule has 2 aromatic carbocycles. The van der Waals surface area contributed by atoms with E-state index in [9.17, 15) is 9.59 Å². The summed E-state index contributed by atoms with van der Waals surface area (Å²) in [5.41, 5.74) is 3.88. The second-order valence-corrected chi connectivity index (χ2v) is 7.50. The fraction of sp³-hybridized carbons (Fsp3) is 0.391. The van der Waals surface area contributed by atoms with E-state index >= 15 is 0 Å². The number of amides is 2. The quantitative estimate of drug-likeness (QED) is 0.717. The highest BCUT2D eigenvalue weighted by molar-refractivity contribution is 6.13. The number of carbonyl (C=O) groups is 2. The summed E-state index contributed by atoms with van der Waals surface area (Å²) in [5.74, 6) is -0.546. The third kappa shape index (κ3) is 4.42. The molecule has 5 nitrogen and oxygen atoms in total. The predicted octanol–water partition coefficient (Wildman–Crippen LogP) is 3.91. The Bertz CT molecular complexity index is 830. The van der Waals surface area contributed by atoms with Crippen LogP contribution >= 0.6 is 0 Å². The van der Waals surface area contributed by atoms with Crippen molar-refractivity contribution >= 4 is 23.2 Å². The lowest BCUT2D eigenvalue weighted by molar-refractivity contribution is -0.129. The van der Waals surface area contributed by atoms with Crippen LogP contribution in [0.1, 0.15) is 44.2 Å². The van der Waals surface area contributed by atoms with Crippen molar-refractivity contribution < 1.29 is 9.59 Å². The molecule has 0 radical (unpaired) electrons. The summed E-state index contributed by atoms with van der Waals surface area (Å²) < 4.78 is 0. The van der Waals surface area contributed by atoms with Gasteiger partial charge in [0.2, 0.25) is 11.8 Å². The van der Waals surface area contributed by atoms with E-state index in [-0.39, 0.29) is 11.8 Å². The molecule has 0 aliphatic carbocycles. The molecule has 0 aromatic heterocycles. The Morgan fingerprint density at radius 1 is 1.14 bits per heavy atom. The molecule has 28 heavy (non-hydrogen) atoms. The van der Waals surface area contributed by atoms with Crippen LogP contribution < -0.4 is 15.5 Å². The van der Waals surface area contributed by atoms with Crippen molar-refractivity contribution in [3.8, 4) is 0 Å². The molecule has 1 saturated heterocycles. The summed E-state index contributed by atoms with van der Waals surface area (Å²) in [5, 5.41) is 6.23. The van der Waals surface area contributed by atoms with Gasteiger partial charge < -0.3 is 15.5 Å². The van der Waals surface area contributed by atoms with Gasteiger partial charge in [0, 0.05) is 24.5 Å². The number of rotatable bonds is 7. The maximum absolute atomic E-state index is 12.9. The van der Waals surface area contributed by atoms with E-state index in [0.717, 1.165) is 23.5 Å². The van der Waals surface area contributed by atoms with Gasteiger partial charge in [-0.05, 0) is 48.2 Å². The molecule has 1 aliphatic rings. The summed E-state index contributed by atoms with van der Waals surface area (Å²) in [6.07, 6.45) is 0.534. The van der Waals surface area contributed by atoms with E-state index in [1.807, 2.05) is 43.3 Å². The van der Waals surface area contributed by atoms with Gasteiger partial charge in [0.25, 0.3) is 0 Å². The van der Waals surface area contributed by atoms with Crippen LogP contribution in [0.25, 0.3) is 0 Å². The number of nitrogens with one attached hydrogen (secondary N) is 2. The predicted molar refractivity (Wildman–Crippen MR) is 113 cm³/mol. The van der Waals surface area contributed by atoms with Gasteiger partial charge in [0.05, 0.1) is 0 Å². The van der Waals surface area contributed by atoms with Crippen LogP contribution in [0.2, 0.25) is 0 Å². The Balaban J connectivity index is 1.68. The molecule has 5 heteroatoms. The molecule has 2 aromatic rings. The topological polar surface area (TPSA) is 61.4 Å². The Morgan fingerprint density at radius 2 is 1.86 bits per heavy atom. The molecular formula is C23H29N3O2. The number of hydrogen-bond donors (Lipinski definition) is 2. The molecule has 0 bridgehead atoms. The van der Waals surface area contributed by atoms with Crippen molar-refractivity contribution in [3.63, 3.8) is 0 Å². The lowest BCUT2D eigenvalue weighted by Gasteiger charge is -2.18. The smallest absolute Gasteiger partial charge is 0.239 e. The molecule has 0 saturated carbocycles. The van der Waals surface area contributed by atoms with E-state index in [1.54, 1.807) is 4.90 Å². The van der Waals surface area contributed by atoms with Gasteiger partial charge in [0.1, 0.15) is 5.92 Å². The molecule has 0 spiro atoms. The van der Waals surface area contributed by atoms with Crippen LogP contribution in [0.4, 0.5) is 11.4 Å². The van der Waals surface area contributed by atoms with Gasteiger partial charge >= 0.3 is 0 Å². The Hall–Kier alpha value is -2.66. The minimum Gasteiger partial charge on any atom is -0.325 e. The highest BCUT2D eigenvalue weighted by atomic mass is 16.2. The van der Waals surface area contributed by atoms with E-state index in [0.29, 0.717) is 25.4 Å². The van der Waals surface area contributed by atoms with Gasteiger partial charge in [-0.2, -0.15) is 0 Å². The summed E-state index contributed by atoms with van der Waals surface area (Å²) in [6, 6.07) is 15.8. The van der Waals surface area contributed by atoms with E-state index in [1.165, 1.54) is 5.56 Å². The lowest BCUT2D eigenvalue weighted by atomic mass is 10.0. The van der Waals surface area contributed by atoms with Crippen molar-refractivity contribution in [2.24, 2.45) is 5.92 Å². The number of carbonyl (C=O) groups excluding carboxylic acids is 2. The highest BCUT2D eigenvalue weighted by Gasteiger charge is 2.37. The minimum atomic E-state index is -0.642. The van der Waals surface area contributed by atoms with E-state index in [4.69, 9.17) is 0 Å². The molecule has 2 N–H and O–H groups in total. The first-order valence-electron chi connectivity index (χ1n) is 10.0. The molecule has 1 fully saturated rings. The Kier molecular flexibility index (Phi) is 6.47. The Labute approximate surface area is 167 Å². The number of benzene rings is 2. The molecule has 1 aliphatic heterocycles. The van der Waals surface area contributed by atoms with Crippen molar-refractivity contribution in [2.45, 2.75) is 39.7 Å². The number of hydrogen-bond acceptors (Lipinski definition) is 3.